The summed E-state index contributed by atoms with van der Waals surface area (Å²) >= 11 is 1.36. The number of nitrogens with one attached hydrogen (secondary N) is 1. The molecule has 1 unspecified atom stereocenters. The molecule has 0 radical (unpaired) electrons. The molecule has 2 amide bonds. The highest BCUT2D eigenvalue weighted by atomic mass is 32.2. The van der Waals surface area contributed by atoms with E-state index in [1.807, 2.05) is 105 Å². The van der Waals surface area contributed by atoms with Gasteiger partial charge in [-0.05, 0) is 42.5 Å². The summed E-state index contributed by atoms with van der Waals surface area (Å²) in [5.74, 6) is -0.286. The molecule has 180 valence electrons. The molecule has 0 aliphatic carbocycles. The van der Waals surface area contributed by atoms with E-state index >= 15 is 0 Å². The molecule has 0 aromatic heterocycles. The molecule has 1 fully saturated rings. The van der Waals surface area contributed by atoms with Gasteiger partial charge in [0.1, 0.15) is 5.25 Å². The van der Waals surface area contributed by atoms with Gasteiger partial charge in [-0.3, -0.25) is 14.5 Å². The summed E-state index contributed by atoms with van der Waals surface area (Å²) in [6.45, 7) is 4.45. The number of amidine groups is 1. The first kappa shape index (κ1) is 23.8. The molecule has 0 spiro atoms. The number of fused-ring (bicyclic) bond motifs is 1. The number of para-hydroxylation sites is 1. The lowest BCUT2D eigenvalue weighted by Gasteiger charge is -2.17. The minimum Gasteiger partial charge on any atom is -0.325 e. The fourth-order valence-corrected chi connectivity index (χ4v) is 5.39. The average molecular weight is 494 g/mol. The van der Waals surface area contributed by atoms with Gasteiger partial charge < -0.3 is 5.32 Å². The number of thioether (sulfide) groups is 1. The quantitative estimate of drug-likeness (QED) is 0.328. The molecular weight excluding hydrogens is 466 g/mol. The van der Waals surface area contributed by atoms with Crippen molar-refractivity contribution >= 4 is 50.9 Å². The Morgan fingerprint density at radius 3 is 2.44 bits per heavy atom. The smallest absolute Gasteiger partial charge is 0.242 e. The number of carbonyl (C=O) groups excluding carboxylic acids is 2. The lowest BCUT2D eigenvalue weighted by molar-refractivity contribution is -0.128. The Kier molecular flexibility index (Phi) is 6.87. The molecule has 1 atom stereocenters. The molecule has 36 heavy (non-hydrogen) atoms. The zero-order valence-corrected chi connectivity index (χ0v) is 21.1. The van der Waals surface area contributed by atoms with E-state index in [1.54, 1.807) is 4.90 Å². The highest BCUT2D eigenvalue weighted by Gasteiger charge is 2.39. The van der Waals surface area contributed by atoms with Crippen LogP contribution in [0.25, 0.3) is 10.8 Å². The number of carbonyl (C=O) groups is 2. The van der Waals surface area contributed by atoms with E-state index in [0.29, 0.717) is 11.7 Å². The van der Waals surface area contributed by atoms with Crippen molar-refractivity contribution in [3.05, 3.63) is 108 Å². The Labute approximate surface area is 215 Å². The van der Waals surface area contributed by atoms with Crippen molar-refractivity contribution in [2.75, 3.05) is 5.32 Å². The Bertz CT molecular complexity index is 1460. The van der Waals surface area contributed by atoms with Crippen molar-refractivity contribution in [2.45, 2.75) is 32.1 Å². The number of nitrogens with zero attached hydrogens (tertiary/aromatic N) is 2. The topological polar surface area (TPSA) is 61.8 Å². The van der Waals surface area contributed by atoms with Crippen LogP contribution in [0.3, 0.4) is 0 Å². The molecule has 4 aromatic carbocycles. The van der Waals surface area contributed by atoms with Crippen LogP contribution in [0.4, 0.5) is 11.4 Å². The van der Waals surface area contributed by atoms with E-state index in [-0.39, 0.29) is 18.2 Å². The second-order valence-corrected chi connectivity index (χ2v) is 10.1. The molecule has 1 saturated heterocycles. The second kappa shape index (κ2) is 10.4. The van der Waals surface area contributed by atoms with E-state index in [9.17, 15) is 9.59 Å². The van der Waals surface area contributed by atoms with Crippen molar-refractivity contribution < 1.29 is 9.59 Å². The standard InChI is InChI=1S/C30H27N3O2S/c1-20-14-16-22(17-15-20)19-33-29(35)27(36-30(33)32-25-12-6-3-8-21(25)2)18-28(34)31-26-13-7-10-23-9-4-5-11-24(23)26/h3-17,27H,18-19H2,1-2H3,(H,31,34). The van der Waals surface area contributed by atoms with Crippen LogP contribution in [0.1, 0.15) is 23.1 Å². The summed E-state index contributed by atoms with van der Waals surface area (Å²) in [6.07, 6.45) is 0.0733. The summed E-state index contributed by atoms with van der Waals surface area (Å²) in [5.41, 5.74) is 4.79. The molecule has 6 heteroatoms. The maximum atomic E-state index is 13.5. The molecule has 1 aliphatic rings. The molecule has 1 aliphatic heterocycles. The fraction of sp³-hybridized carbons (Fsp3) is 0.167. The van der Waals surface area contributed by atoms with Gasteiger partial charge in [-0.15, -0.1) is 0 Å². The van der Waals surface area contributed by atoms with Crippen molar-refractivity contribution in [1.29, 1.82) is 0 Å². The first-order valence-corrected chi connectivity index (χ1v) is 12.8. The lowest BCUT2D eigenvalue weighted by Crippen LogP contribution is -2.33. The summed E-state index contributed by atoms with van der Waals surface area (Å²) in [6, 6.07) is 29.7. The predicted octanol–water partition coefficient (Wildman–Crippen LogP) is 6.62. The van der Waals surface area contributed by atoms with Gasteiger partial charge in [0.15, 0.2) is 5.17 Å². The molecule has 1 N–H and O–H groups in total. The van der Waals surface area contributed by atoms with Gasteiger partial charge in [0.05, 0.1) is 12.2 Å². The van der Waals surface area contributed by atoms with E-state index in [2.05, 4.69) is 5.32 Å². The minimum absolute atomic E-state index is 0.0733. The van der Waals surface area contributed by atoms with Gasteiger partial charge in [0.2, 0.25) is 11.8 Å². The van der Waals surface area contributed by atoms with Crippen LogP contribution < -0.4 is 5.32 Å². The molecule has 5 nitrogen and oxygen atoms in total. The molecule has 0 bridgehead atoms. The van der Waals surface area contributed by atoms with Gasteiger partial charge in [-0.1, -0.05) is 96.2 Å². The Morgan fingerprint density at radius 2 is 1.64 bits per heavy atom. The number of hydrogen-bond acceptors (Lipinski definition) is 4. The average Bonchev–Trinajstić information content (AvgIpc) is 3.15. The molecule has 4 aromatic rings. The summed E-state index contributed by atoms with van der Waals surface area (Å²) in [4.78, 5) is 33.1. The fourth-order valence-electron chi connectivity index (χ4n) is 4.24. The number of amides is 2. The van der Waals surface area contributed by atoms with Crippen molar-refractivity contribution in [2.24, 2.45) is 4.99 Å². The van der Waals surface area contributed by atoms with E-state index < -0.39 is 5.25 Å². The maximum Gasteiger partial charge on any atom is 0.242 e. The van der Waals surface area contributed by atoms with E-state index in [4.69, 9.17) is 4.99 Å². The molecule has 1 heterocycles. The monoisotopic (exact) mass is 493 g/mol. The van der Waals surface area contributed by atoms with Gasteiger partial charge in [0.25, 0.3) is 0 Å². The van der Waals surface area contributed by atoms with Crippen molar-refractivity contribution in [3.63, 3.8) is 0 Å². The largest absolute Gasteiger partial charge is 0.325 e. The number of anilines is 1. The van der Waals surface area contributed by atoms with Crippen LogP contribution in [0, 0.1) is 13.8 Å². The second-order valence-electron chi connectivity index (χ2n) is 8.98. The highest BCUT2D eigenvalue weighted by molar-refractivity contribution is 8.15. The third-order valence-electron chi connectivity index (χ3n) is 6.25. The number of rotatable bonds is 6. The number of aryl methyl sites for hydroxylation is 2. The van der Waals surface area contributed by atoms with Crippen LogP contribution >= 0.6 is 11.8 Å². The molecule has 0 saturated carbocycles. The maximum absolute atomic E-state index is 13.5. The van der Waals surface area contributed by atoms with Crippen LogP contribution in [0.2, 0.25) is 0 Å². The summed E-state index contributed by atoms with van der Waals surface area (Å²) in [5, 5.41) is 5.13. The van der Waals surface area contributed by atoms with Crippen LogP contribution in [-0.4, -0.2) is 27.1 Å². The number of hydrogen-bond donors (Lipinski definition) is 1. The van der Waals surface area contributed by atoms with Crippen molar-refractivity contribution in [3.8, 4) is 0 Å². The molecular formula is C30H27N3O2S. The zero-order valence-electron chi connectivity index (χ0n) is 20.3. The third kappa shape index (κ3) is 5.19. The Morgan fingerprint density at radius 1 is 0.917 bits per heavy atom. The van der Waals surface area contributed by atoms with Crippen LogP contribution in [0.5, 0.6) is 0 Å². The normalized spacial score (nSPS) is 16.6. The van der Waals surface area contributed by atoms with Gasteiger partial charge in [-0.25, -0.2) is 4.99 Å². The molecule has 5 rings (SSSR count). The summed E-state index contributed by atoms with van der Waals surface area (Å²) < 4.78 is 0. The van der Waals surface area contributed by atoms with E-state index in [1.165, 1.54) is 11.8 Å². The SMILES string of the molecule is Cc1ccc(CN2C(=O)C(CC(=O)Nc3cccc4ccccc34)SC2=Nc2ccccc2C)cc1. The third-order valence-corrected chi connectivity index (χ3v) is 7.42. The lowest BCUT2D eigenvalue weighted by atomic mass is 10.1. The number of benzene rings is 4. The van der Waals surface area contributed by atoms with Gasteiger partial charge >= 0.3 is 0 Å². The van der Waals surface area contributed by atoms with Crippen molar-refractivity contribution in [1.82, 2.24) is 4.90 Å². The van der Waals surface area contributed by atoms with Crippen LogP contribution in [0.15, 0.2) is 96.0 Å². The first-order valence-electron chi connectivity index (χ1n) is 11.9. The Balaban J connectivity index is 1.38. The van der Waals surface area contributed by atoms with Gasteiger partial charge in [-0.2, -0.15) is 0 Å². The van der Waals surface area contributed by atoms with E-state index in [0.717, 1.165) is 38.8 Å². The zero-order chi connectivity index (χ0) is 25.1. The predicted molar refractivity (Wildman–Crippen MR) is 149 cm³/mol. The van der Waals surface area contributed by atoms with Crippen LogP contribution in [-0.2, 0) is 16.1 Å². The van der Waals surface area contributed by atoms with Gasteiger partial charge in [0, 0.05) is 17.5 Å². The summed E-state index contributed by atoms with van der Waals surface area (Å²) in [7, 11) is 0. The first-order chi connectivity index (χ1) is 17.5. The Hall–Kier alpha value is -3.90. The minimum atomic E-state index is -0.534. The highest BCUT2D eigenvalue weighted by Crippen LogP contribution is 2.34. The number of aliphatic imine (C=N–C) groups is 1.